The summed E-state index contributed by atoms with van der Waals surface area (Å²) in [5, 5.41) is 20.4. The maximum atomic E-state index is 12.6. The van der Waals surface area contributed by atoms with Crippen molar-refractivity contribution in [3.05, 3.63) is 34.9 Å². The van der Waals surface area contributed by atoms with Crippen LogP contribution in [0.2, 0.25) is 0 Å². The van der Waals surface area contributed by atoms with Gasteiger partial charge in [-0.05, 0) is 17.3 Å². The molecule has 0 saturated carbocycles. The second kappa shape index (κ2) is 6.57. The third-order valence-corrected chi connectivity index (χ3v) is 3.41. The summed E-state index contributed by atoms with van der Waals surface area (Å²) in [7, 11) is 1.62. The third-order valence-electron chi connectivity index (χ3n) is 2.47. The van der Waals surface area contributed by atoms with Crippen LogP contribution in [-0.4, -0.2) is 36.3 Å². The average Bonchev–Trinajstić information content (AvgIpc) is 2.84. The molecule has 0 aliphatic rings. The first kappa shape index (κ1) is 15.3. The SMILES string of the molecule is Cn1nnc(CSCc2nc(C(F)F)ccc2C(=O)O)n1. The molecule has 1 N–H and O–H groups in total. The number of alkyl halides is 2. The van der Waals surface area contributed by atoms with E-state index in [1.54, 1.807) is 7.05 Å². The molecule has 0 unspecified atom stereocenters. The van der Waals surface area contributed by atoms with E-state index in [9.17, 15) is 13.6 Å². The van der Waals surface area contributed by atoms with E-state index >= 15 is 0 Å². The van der Waals surface area contributed by atoms with Gasteiger partial charge in [0.2, 0.25) is 0 Å². The number of carboxylic acid groups (broad SMARTS) is 1. The second-order valence-electron chi connectivity index (χ2n) is 4.02. The van der Waals surface area contributed by atoms with Gasteiger partial charge in [-0.3, -0.25) is 4.98 Å². The average molecular weight is 315 g/mol. The first-order chi connectivity index (χ1) is 9.97. The lowest BCUT2D eigenvalue weighted by Gasteiger charge is -2.07. The summed E-state index contributed by atoms with van der Waals surface area (Å²) < 4.78 is 25.2. The number of tetrazole rings is 1. The molecule has 7 nitrogen and oxygen atoms in total. The van der Waals surface area contributed by atoms with Crippen LogP contribution >= 0.6 is 11.8 Å². The van der Waals surface area contributed by atoms with Crippen LogP contribution in [0.4, 0.5) is 8.78 Å². The van der Waals surface area contributed by atoms with Crippen molar-refractivity contribution in [2.45, 2.75) is 17.9 Å². The van der Waals surface area contributed by atoms with Crippen molar-refractivity contribution in [1.82, 2.24) is 25.2 Å². The molecular formula is C11H11F2N5O2S. The van der Waals surface area contributed by atoms with Gasteiger partial charge in [-0.25, -0.2) is 13.6 Å². The van der Waals surface area contributed by atoms with E-state index in [1.807, 2.05) is 0 Å². The van der Waals surface area contributed by atoms with Crippen molar-refractivity contribution in [1.29, 1.82) is 0 Å². The lowest BCUT2D eigenvalue weighted by atomic mass is 10.2. The van der Waals surface area contributed by atoms with E-state index in [0.29, 0.717) is 11.6 Å². The van der Waals surface area contributed by atoms with Gasteiger partial charge < -0.3 is 5.11 Å². The maximum absolute atomic E-state index is 12.6. The molecule has 21 heavy (non-hydrogen) atoms. The highest BCUT2D eigenvalue weighted by Gasteiger charge is 2.16. The van der Waals surface area contributed by atoms with Crippen molar-refractivity contribution in [2.75, 3.05) is 0 Å². The highest BCUT2D eigenvalue weighted by Crippen LogP contribution is 2.22. The Hall–Kier alpha value is -2.10. The Morgan fingerprint density at radius 3 is 2.76 bits per heavy atom. The van der Waals surface area contributed by atoms with Crippen molar-refractivity contribution in [3.8, 4) is 0 Å². The van der Waals surface area contributed by atoms with E-state index in [2.05, 4.69) is 20.4 Å². The molecule has 0 bridgehead atoms. The van der Waals surface area contributed by atoms with Gasteiger partial charge in [0.1, 0.15) is 5.69 Å². The number of thioether (sulfide) groups is 1. The van der Waals surface area contributed by atoms with Gasteiger partial charge in [0.25, 0.3) is 6.43 Å². The summed E-state index contributed by atoms with van der Waals surface area (Å²) in [6.45, 7) is 0. The lowest BCUT2D eigenvalue weighted by Crippen LogP contribution is -2.06. The summed E-state index contributed by atoms with van der Waals surface area (Å²) in [5.74, 6) is -0.172. The minimum atomic E-state index is -2.74. The Morgan fingerprint density at radius 2 is 2.19 bits per heavy atom. The Kier molecular flexibility index (Phi) is 4.78. The van der Waals surface area contributed by atoms with Crippen LogP contribution in [0.5, 0.6) is 0 Å². The zero-order valence-corrected chi connectivity index (χ0v) is 11.7. The second-order valence-corrected chi connectivity index (χ2v) is 5.01. The first-order valence-corrected chi connectivity index (χ1v) is 6.94. The van der Waals surface area contributed by atoms with Crippen molar-refractivity contribution < 1.29 is 18.7 Å². The smallest absolute Gasteiger partial charge is 0.337 e. The van der Waals surface area contributed by atoms with Crippen molar-refractivity contribution in [3.63, 3.8) is 0 Å². The number of aryl methyl sites for hydroxylation is 1. The highest BCUT2D eigenvalue weighted by atomic mass is 32.2. The topological polar surface area (TPSA) is 93.8 Å². The van der Waals surface area contributed by atoms with Gasteiger partial charge in [-0.1, -0.05) is 0 Å². The van der Waals surface area contributed by atoms with Gasteiger partial charge in [0.15, 0.2) is 5.82 Å². The fourth-order valence-electron chi connectivity index (χ4n) is 1.56. The fourth-order valence-corrected chi connectivity index (χ4v) is 2.38. The number of hydrogen-bond acceptors (Lipinski definition) is 6. The number of hydrogen-bond donors (Lipinski definition) is 1. The van der Waals surface area contributed by atoms with Crippen LogP contribution in [-0.2, 0) is 18.6 Å². The maximum Gasteiger partial charge on any atom is 0.337 e. The number of nitrogens with zero attached hydrogens (tertiary/aromatic N) is 5. The molecule has 0 radical (unpaired) electrons. The fraction of sp³-hybridized carbons (Fsp3) is 0.364. The molecule has 112 valence electrons. The molecule has 2 aromatic rings. The van der Waals surface area contributed by atoms with E-state index in [4.69, 9.17) is 5.11 Å². The molecule has 0 atom stereocenters. The number of carbonyl (C=O) groups is 1. The predicted octanol–water partition coefficient (Wildman–Crippen LogP) is 1.67. The molecule has 0 spiro atoms. The molecule has 2 rings (SSSR count). The van der Waals surface area contributed by atoms with Gasteiger partial charge in [-0.2, -0.15) is 4.80 Å². The number of pyridine rings is 1. The van der Waals surface area contributed by atoms with Crippen LogP contribution in [0.1, 0.15) is 34.0 Å². The van der Waals surface area contributed by atoms with Crippen LogP contribution in [0.3, 0.4) is 0 Å². The van der Waals surface area contributed by atoms with Crippen LogP contribution in [0.15, 0.2) is 12.1 Å². The van der Waals surface area contributed by atoms with Crippen LogP contribution in [0, 0.1) is 0 Å². The normalized spacial score (nSPS) is 11.0. The molecule has 0 aliphatic carbocycles. The Morgan fingerprint density at radius 1 is 1.43 bits per heavy atom. The van der Waals surface area contributed by atoms with Gasteiger partial charge in [-0.15, -0.1) is 22.0 Å². The molecule has 0 aromatic carbocycles. The van der Waals surface area contributed by atoms with E-state index in [1.165, 1.54) is 16.6 Å². The summed E-state index contributed by atoms with van der Waals surface area (Å²) in [6, 6.07) is 2.17. The number of aromatic carboxylic acids is 1. The summed E-state index contributed by atoms with van der Waals surface area (Å²) >= 11 is 1.28. The Bertz CT molecular complexity index is 649. The molecule has 0 fully saturated rings. The van der Waals surface area contributed by atoms with Crippen LogP contribution < -0.4 is 0 Å². The summed E-state index contributed by atoms with van der Waals surface area (Å²) in [5.41, 5.74) is -0.415. The van der Waals surface area contributed by atoms with Crippen molar-refractivity contribution in [2.24, 2.45) is 7.05 Å². The number of carboxylic acids is 1. The van der Waals surface area contributed by atoms with Gasteiger partial charge in [0, 0.05) is 5.75 Å². The molecule has 0 aliphatic heterocycles. The first-order valence-electron chi connectivity index (χ1n) is 5.79. The van der Waals surface area contributed by atoms with Crippen LogP contribution in [0.25, 0.3) is 0 Å². The predicted molar refractivity (Wildman–Crippen MR) is 70.0 cm³/mol. The van der Waals surface area contributed by atoms with Gasteiger partial charge >= 0.3 is 5.97 Å². The standard InChI is InChI=1S/C11H11F2N5O2S/c1-18-16-9(15-17-18)5-21-4-8-6(11(19)20)2-3-7(14-8)10(12)13/h2-3,10H,4-5H2,1H3,(H,19,20). The minimum absolute atomic E-state index is 0.0843. The molecule has 0 amide bonds. The van der Waals surface area contributed by atoms with Gasteiger partial charge in [0.05, 0.1) is 24.1 Å². The molecule has 10 heteroatoms. The van der Waals surface area contributed by atoms with E-state index < -0.39 is 18.1 Å². The number of aromatic nitrogens is 5. The number of rotatable bonds is 6. The summed E-state index contributed by atoms with van der Waals surface area (Å²) in [4.78, 5) is 16.1. The lowest BCUT2D eigenvalue weighted by molar-refractivity contribution is 0.0694. The quantitative estimate of drug-likeness (QED) is 0.866. The summed E-state index contributed by atoms with van der Waals surface area (Å²) in [6.07, 6.45) is -2.74. The van der Waals surface area contributed by atoms with E-state index in [-0.39, 0.29) is 17.0 Å². The minimum Gasteiger partial charge on any atom is -0.478 e. The molecule has 0 saturated heterocycles. The highest BCUT2D eigenvalue weighted by molar-refractivity contribution is 7.97. The largest absolute Gasteiger partial charge is 0.478 e. The van der Waals surface area contributed by atoms with E-state index in [0.717, 1.165) is 12.1 Å². The Labute approximate surface area is 122 Å². The third kappa shape index (κ3) is 3.94. The molecule has 2 heterocycles. The van der Waals surface area contributed by atoms with Crippen molar-refractivity contribution >= 4 is 17.7 Å². The molecule has 2 aromatic heterocycles. The monoisotopic (exact) mass is 315 g/mol. The zero-order chi connectivity index (χ0) is 15.4. The Balaban J connectivity index is 2.09. The molecular weight excluding hydrogens is 304 g/mol. The number of halogens is 2. The zero-order valence-electron chi connectivity index (χ0n) is 10.9.